The van der Waals surface area contributed by atoms with Gasteiger partial charge in [0.25, 0.3) is 11.8 Å². The van der Waals surface area contributed by atoms with Gasteiger partial charge in [-0.25, -0.2) is 8.78 Å². The second-order valence-corrected chi connectivity index (χ2v) is 10.7. The van der Waals surface area contributed by atoms with Gasteiger partial charge in [-0.05, 0) is 90.4 Å². The van der Waals surface area contributed by atoms with Crippen LogP contribution in [0.1, 0.15) is 45.5 Å². The summed E-state index contributed by atoms with van der Waals surface area (Å²) in [5, 5.41) is 8.68. The SMILES string of the molecule is CNC(=O)Cc1cc2oc(-c3ccc(F)cc3)c(C(=O)NC)c2cc1-c1ccc(F)c(C(=O)NC23CC(C2)C3)c1. The van der Waals surface area contributed by atoms with Crippen molar-refractivity contribution in [3.05, 3.63) is 82.9 Å². The van der Waals surface area contributed by atoms with Crippen molar-refractivity contribution in [1.82, 2.24) is 16.0 Å². The van der Waals surface area contributed by atoms with E-state index < -0.39 is 23.4 Å². The van der Waals surface area contributed by atoms with Crippen molar-refractivity contribution in [3.8, 4) is 22.5 Å². The lowest BCUT2D eigenvalue weighted by Crippen LogP contribution is -2.68. The van der Waals surface area contributed by atoms with Crippen LogP contribution in [0.4, 0.5) is 8.78 Å². The number of furan rings is 1. The molecule has 9 heteroatoms. The van der Waals surface area contributed by atoms with E-state index in [9.17, 15) is 23.2 Å². The summed E-state index contributed by atoms with van der Waals surface area (Å²) in [6.45, 7) is 0. The first-order valence-electron chi connectivity index (χ1n) is 13.1. The predicted molar refractivity (Wildman–Crippen MR) is 146 cm³/mol. The van der Waals surface area contributed by atoms with Crippen LogP contribution >= 0.6 is 0 Å². The van der Waals surface area contributed by atoms with Crippen LogP contribution in [0, 0.1) is 17.6 Å². The molecule has 3 fully saturated rings. The minimum Gasteiger partial charge on any atom is -0.455 e. The van der Waals surface area contributed by atoms with Crippen LogP contribution in [0.3, 0.4) is 0 Å². The Morgan fingerprint density at radius 1 is 0.900 bits per heavy atom. The molecule has 1 heterocycles. The summed E-state index contributed by atoms with van der Waals surface area (Å²) in [5.41, 5.74) is 2.41. The Kier molecular flexibility index (Phi) is 6.17. The van der Waals surface area contributed by atoms with Crippen molar-refractivity contribution < 1.29 is 27.6 Å². The van der Waals surface area contributed by atoms with E-state index in [1.807, 2.05) is 0 Å². The van der Waals surface area contributed by atoms with E-state index in [0.29, 0.717) is 39.1 Å². The molecule has 40 heavy (non-hydrogen) atoms. The highest BCUT2D eigenvalue weighted by atomic mass is 19.1. The summed E-state index contributed by atoms with van der Waals surface area (Å²) in [6, 6.07) is 13.2. The van der Waals surface area contributed by atoms with Crippen molar-refractivity contribution in [2.45, 2.75) is 31.2 Å². The number of hydrogen-bond acceptors (Lipinski definition) is 4. The van der Waals surface area contributed by atoms with Gasteiger partial charge < -0.3 is 20.4 Å². The highest BCUT2D eigenvalue weighted by Crippen LogP contribution is 2.57. The van der Waals surface area contributed by atoms with Crippen molar-refractivity contribution in [2.75, 3.05) is 14.1 Å². The standard InChI is InChI=1S/C31H27F2N3O4/c1-34-26(37)11-19-10-25-23(27(30(39)35-2)28(40-25)17-3-6-20(32)7-4-17)12-21(19)18-5-8-24(33)22(9-18)29(38)36-31-13-16(14-31)15-31/h3-10,12,16H,11,13-15H2,1-2H3,(H,34,37)(H,35,39)(H,36,38). The molecule has 1 aromatic heterocycles. The first-order chi connectivity index (χ1) is 19.2. The van der Waals surface area contributed by atoms with E-state index in [1.54, 1.807) is 18.2 Å². The number of nitrogens with one attached hydrogen (secondary N) is 3. The number of amides is 3. The first-order valence-corrected chi connectivity index (χ1v) is 13.1. The number of likely N-dealkylation sites (N-methyl/N-ethyl adjacent to an activating group) is 1. The lowest BCUT2D eigenvalue weighted by atomic mass is 9.50. The molecule has 204 valence electrons. The molecule has 2 bridgehead atoms. The lowest BCUT2D eigenvalue weighted by molar-refractivity contribution is -0.119. The Bertz CT molecular complexity index is 1680. The van der Waals surface area contributed by atoms with Gasteiger partial charge in [0.1, 0.15) is 23.0 Å². The van der Waals surface area contributed by atoms with Crippen molar-refractivity contribution >= 4 is 28.7 Å². The summed E-state index contributed by atoms with van der Waals surface area (Å²) < 4.78 is 34.6. The molecule has 3 N–H and O–H groups in total. The number of carbonyl (C=O) groups is 3. The summed E-state index contributed by atoms with van der Waals surface area (Å²) >= 11 is 0. The van der Waals surface area contributed by atoms with Crippen LogP contribution in [0.2, 0.25) is 0 Å². The monoisotopic (exact) mass is 543 g/mol. The quantitative estimate of drug-likeness (QED) is 0.306. The molecule has 0 spiro atoms. The highest BCUT2D eigenvalue weighted by molar-refractivity contribution is 6.12. The minimum atomic E-state index is -0.644. The summed E-state index contributed by atoms with van der Waals surface area (Å²) in [7, 11) is 3.02. The van der Waals surface area contributed by atoms with Gasteiger partial charge in [0.2, 0.25) is 5.91 Å². The lowest BCUT2D eigenvalue weighted by Gasteiger charge is -2.61. The van der Waals surface area contributed by atoms with Gasteiger partial charge in [-0.15, -0.1) is 0 Å². The molecular formula is C31H27F2N3O4. The van der Waals surface area contributed by atoms with Gasteiger partial charge in [-0.3, -0.25) is 14.4 Å². The average molecular weight is 544 g/mol. The van der Waals surface area contributed by atoms with E-state index in [-0.39, 0.29) is 34.8 Å². The zero-order valence-electron chi connectivity index (χ0n) is 22.0. The molecule has 0 saturated heterocycles. The average Bonchev–Trinajstić information content (AvgIpc) is 3.28. The maximum Gasteiger partial charge on any atom is 0.255 e. The Labute approximate surface area is 228 Å². The Hall–Kier alpha value is -4.53. The van der Waals surface area contributed by atoms with Crippen molar-refractivity contribution in [2.24, 2.45) is 5.92 Å². The third-order valence-electron chi connectivity index (χ3n) is 8.04. The fraction of sp³-hybridized carbons (Fsp3) is 0.258. The number of hydrogen-bond donors (Lipinski definition) is 3. The highest BCUT2D eigenvalue weighted by Gasteiger charge is 2.57. The van der Waals surface area contributed by atoms with E-state index in [2.05, 4.69) is 16.0 Å². The molecule has 3 aliphatic carbocycles. The second-order valence-electron chi connectivity index (χ2n) is 10.7. The van der Waals surface area contributed by atoms with Crippen LogP contribution in [-0.4, -0.2) is 37.4 Å². The Balaban J connectivity index is 1.51. The number of fused-ring (bicyclic) bond motifs is 1. The Morgan fingerprint density at radius 3 is 2.23 bits per heavy atom. The maximum absolute atomic E-state index is 14.9. The van der Waals surface area contributed by atoms with Crippen LogP contribution < -0.4 is 16.0 Å². The number of halogens is 2. The van der Waals surface area contributed by atoms with Gasteiger partial charge in [0, 0.05) is 30.6 Å². The van der Waals surface area contributed by atoms with Crippen LogP contribution in [0.5, 0.6) is 0 Å². The maximum atomic E-state index is 14.9. The van der Waals surface area contributed by atoms with E-state index in [0.717, 1.165) is 19.3 Å². The van der Waals surface area contributed by atoms with Crippen LogP contribution in [0.25, 0.3) is 33.4 Å². The molecular weight excluding hydrogens is 516 g/mol. The normalized spacial score (nSPS) is 18.9. The van der Waals surface area contributed by atoms with Crippen molar-refractivity contribution in [3.63, 3.8) is 0 Å². The fourth-order valence-electron chi connectivity index (χ4n) is 5.82. The molecule has 7 nitrogen and oxygen atoms in total. The van der Waals surface area contributed by atoms with E-state index in [4.69, 9.17) is 4.42 Å². The minimum absolute atomic E-state index is 0.0208. The summed E-state index contributed by atoms with van der Waals surface area (Å²) in [4.78, 5) is 38.6. The number of rotatable bonds is 7. The summed E-state index contributed by atoms with van der Waals surface area (Å²) in [5.74, 6) is -1.33. The molecule has 3 aliphatic rings. The Morgan fingerprint density at radius 2 is 1.60 bits per heavy atom. The van der Waals surface area contributed by atoms with Gasteiger partial charge in [-0.2, -0.15) is 0 Å². The molecule has 3 saturated carbocycles. The van der Waals surface area contributed by atoms with E-state index in [1.165, 1.54) is 50.5 Å². The third-order valence-corrected chi connectivity index (χ3v) is 8.04. The molecule has 0 aliphatic heterocycles. The molecule has 7 rings (SSSR count). The zero-order valence-corrected chi connectivity index (χ0v) is 22.0. The van der Waals surface area contributed by atoms with Crippen LogP contribution in [-0.2, 0) is 11.2 Å². The molecule has 4 aromatic rings. The number of carbonyl (C=O) groups excluding carboxylic acids is 3. The molecule has 3 aromatic carbocycles. The molecule has 3 amide bonds. The largest absolute Gasteiger partial charge is 0.455 e. The van der Waals surface area contributed by atoms with Gasteiger partial charge in [-0.1, -0.05) is 6.07 Å². The second kappa shape index (κ2) is 9.59. The van der Waals surface area contributed by atoms with Gasteiger partial charge in [0.15, 0.2) is 0 Å². The molecule has 0 radical (unpaired) electrons. The van der Waals surface area contributed by atoms with Gasteiger partial charge >= 0.3 is 0 Å². The predicted octanol–water partition coefficient (Wildman–Crippen LogP) is 4.98. The third kappa shape index (κ3) is 4.31. The fourth-order valence-corrected chi connectivity index (χ4v) is 5.82. The van der Waals surface area contributed by atoms with Gasteiger partial charge in [0.05, 0.1) is 17.5 Å². The molecule has 0 unspecified atom stereocenters. The topological polar surface area (TPSA) is 100 Å². The van der Waals surface area contributed by atoms with Crippen molar-refractivity contribution in [1.29, 1.82) is 0 Å². The molecule has 0 atom stereocenters. The first kappa shape index (κ1) is 25.7. The van der Waals surface area contributed by atoms with E-state index >= 15 is 0 Å². The smallest absolute Gasteiger partial charge is 0.255 e. The van der Waals surface area contributed by atoms with Crippen LogP contribution in [0.15, 0.2) is 59.0 Å². The number of benzene rings is 3. The zero-order chi connectivity index (χ0) is 28.2. The summed E-state index contributed by atoms with van der Waals surface area (Å²) in [6.07, 6.45) is 2.75.